The predicted molar refractivity (Wildman–Crippen MR) is 90.3 cm³/mol. The Kier molecular flexibility index (Phi) is 5.20. The molecule has 1 N–H and O–H groups in total. The number of carbonyl (C=O) groups excluding carboxylic acids is 1. The number of aromatic nitrogens is 2. The Morgan fingerprint density at radius 1 is 1.08 bits per heavy atom. The first kappa shape index (κ1) is 16.2. The molecule has 6 nitrogen and oxygen atoms in total. The van der Waals surface area contributed by atoms with E-state index in [1.54, 1.807) is 30.6 Å². The zero-order chi connectivity index (χ0) is 16.8. The minimum Gasteiger partial charge on any atom is -0.368 e. The van der Waals surface area contributed by atoms with Crippen LogP contribution in [0.3, 0.4) is 0 Å². The van der Waals surface area contributed by atoms with Gasteiger partial charge in [0.05, 0.1) is 0 Å². The van der Waals surface area contributed by atoms with Crippen LogP contribution < -0.4 is 10.2 Å². The van der Waals surface area contributed by atoms with Crippen molar-refractivity contribution in [1.82, 2.24) is 14.9 Å². The fourth-order valence-electron chi connectivity index (χ4n) is 2.70. The second kappa shape index (κ2) is 7.72. The molecule has 0 bridgehead atoms. The Morgan fingerprint density at radius 2 is 1.75 bits per heavy atom. The molecule has 24 heavy (non-hydrogen) atoms. The summed E-state index contributed by atoms with van der Waals surface area (Å²) >= 11 is 0. The third-order valence-corrected chi connectivity index (χ3v) is 4.01. The van der Waals surface area contributed by atoms with Crippen molar-refractivity contribution in [2.45, 2.75) is 6.42 Å². The Bertz CT molecular complexity index is 656. The molecular formula is C17H20FN5O. The number of hydrogen-bond acceptors (Lipinski definition) is 5. The monoisotopic (exact) mass is 329 g/mol. The predicted octanol–water partition coefficient (Wildman–Crippen LogP) is 1.77. The van der Waals surface area contributed by atoms with E-state index in [0.29, 0.717) is 32.0 Å². The molecule has 7 heteroatoms. The lowest BCUT2D eigenvalue weighted by molar-refractivity contribution is -0.131. The topological polar surface area (TPSA) is 61.4 Å². The average Bonchev–Trinajstić information content (AvgIpc) is 2.63. The van der Waals surface area contributed by atoms with Gasteiger partial charge in [0, 0.05) is 57.2 Å². The van der Waals surface area contributed by atoms with Gasteiger partial charge in [-0.3, -0.25) is 4.79 Å². The third kappa shape index (κ3) is 4.18. The van der Waals surface area contributed by atoms with Gasteiger partial charge in [-0.1, -0.05) is 0 Å². The van der Waals surface area contributed by atoms with E-state index in [4.69, 9.17) is 0 Å². The second-order valence-electron chi connectivity index (χ2n) is 5.59. The lowest BCUT2D eigenvalue weighted by atomic mass is 10.2. The van der Waals surface area contributed by atoms with Crippen LogP contribution in [0.5, 0.6) is 0 Å². The van der Waals surface area contributed by atoms with Crippen molar-refractivity contribution in [3.63, 3.8) is 0 Å². The number of carbonyl (C=O) groups is 1. The van der Waals surface area contributed by atoms with Gasteiger partial charge < -0.3 is 15.1 Å². The Balaban J connectivity index is 1.42. The van der Waals surface area contributed by atoms with Crippen LogP contribution in [0, 0.1) is 5.82 Å². The highest BCUT2D eigenvalue weighted by molar-refractivity contribution is 5.77. The maximum absolute atomic E-state index is 13.0. The van der Waals surface area contributed by atoms with Crippen molar-refractivity contribution in [2.24, 2.45) is 0 Å². The molecule has 1 aliphatic heterocycles. The van der Waals surface area contributed by atoms with Gasteiger partial charge >= 0.3 is 0 Å². The molecule has 0 unspecified atom stereocenters. The molecule has 1 aliphatic rings. The van der Waals surface area contributed by atoms with E-state index in [0.717, 1.165) is 18.8 Å². The number of hydrogen-bond donors (Lipinski definition) is 1. The van der Waals surface area contributed by atoms with Crippen LogP contribution in [0.4, 0.5) is 16.0 Å². The molecule has 1 amide bonds. The number of anilines is 2. The van der Waals surface area contributed by atoms with E-state index in [-0.39, 0.29) is 11.7 Å². The first-order chi connectivity index (χ1) is 11.7. The molecule has 0 saturated carbocycles. The summed E-state index contributed by atoms with van der Waals surface area (Å²) in [5.41, 5.74) is 0.992. The smallest absolute Gasteiger partial charge is 0.224 e. The Hall–Kier alpha value is -2.70. The number of amides is 1. The summed E-state index contributed by atoms with van der Waals surface area (Å²) in [6.45, 7) is 3.39. The van der Waals surface area contributed by atoms with Crippen LogP contribution in [0.2, 0.25) is 0 Å². The van der Waals surface area contributed by atoms with Crippen LogP contribution in [-0.4, -0.2) is 53.5 Å². The Labute approximate surface area is 140 Å². The van der Waals surface area contributed by atoms with Crippen molar-refractivity contribution in [2.75, 3.05) is 42.9 Å². The summed E-state index contributed by atoms with van der Waals surface area (Å²) in [6.07, 6.45) is 3.73. The van der Waals surface area contributed by atoms with Gasteiger partial charge in [-0.2, -0.15) is 0 Å². The number of nitrogens with zero attached hydrogens (tertiary/aromatic N) is 4. The SMILES string of the molecule is O=C(CCNc1ncccn1)N1CCN(c2ccc(F)cc2)CC1. The highest BCUT2D eigenvalue weighted by atomic mass is 19.1. The number of halogens is 1. The highest BCUT2D eigenvalue weighted by Gasteiger charge is 2.20. The van der Waals surface area contributed by atoms with Gasteiger partial charge in [0.1, 0.15) is 5.82 Å². The molecule has 3 rings (SSSR count). The lowest BCUT2D eigenvalue weighted by Gasteiger charge is -2.36. The number of piperazine rings is 1. The third-order valence-electron chi connectivity index (χ3n) is 4.01. The van der Waals surface area contributed by atoms with Gasteiger partial charge in [0.15, 0.2) is 0 Å². The quantitative estimate of drug-likeness (QED) is 0.906. The molecule has 126 valence electrons. The average molecular weight is 329 g/mol. The maximum Gasteiger partial charge on any atom is 0.224 e. The van der Waals surface area contributed by atoms with E-state index < -0.39 is 0 Å². The van der Waals surface area contributed by atoms with Crippen LogP contribution >= 0.6 is 0 Å². The van der Waals surface area contributed by atoms with Crippen molar-refractivity contribution in [1.29, 1.82) is 0 Å². The van der Waals surface area contributed by atoms with Gasteiger partial charge in [-0.25, -0.2) is 14.4 Å². The van der Waals surface area contributed by atoms with E-state index in [2.05, 4.69) is 20.2 Å². The maximum atomic E-state index is 13.0. The molecule has 2 heterocycles. The standard InChI is InChI=1S/C17H20FN5O/c18-14-2-4-15(5-3-14)22-10-12-23(13-11-22)16(24)6-9-21-17-19-7-1-8-20-17/h1-5,7-8H,6,9-13H2,(H,19,20,21). The molecule has 1 saturated heterocycles. The van der Waals surface area contributed by atoms with Crippen LogP contribution in [-0.2, 0) is 4.79 Å². The summed E-state index contributed by atoms with van der Waals surface area (Å²) in [5, 5.41) is 3.04. The molecule has 0 atom stereocenters. The first-order valence-electron chi connectivity index (χ1n) is 8.01. The normalized spacial score (nSPS) is 14.5. The zero-order valence-corrected chi connectivity index (χ0v) is 13.4. The van der Waals surface area contributed by atoms with Crippen molar-refractivity contribution in [3.05, 3.63) is 48.5 Å². The minimum atomic E-state index is -0.234. The van der Waals surface area contributed by atoms with Crippen molar-refractivity contribution in [3.8, 4) is 0 Å². The van der Waals surface area contributed by atoms with Crippen molar-refractivity contribution >= 4 is 17.5 Å². The number of nitrogens with one attached hydrogen (secondary N) is 1. The van der Waals surface area contributed by atoms with Gasteiger partial charge in [0.25, 0.3) is 0 Å². The summed E-state index contributed by atoms with van der Waals surface area (Å²) in [4.78, 5) is 24.4. The van der Waals surface area contributed by atoms with E-state index >= 15 is 0 Å². The van der Waals surface area contributed by atoms with Crippen LogP contribution in [0.15, 0.2) is 42.7 Å². The fourth-order valence-corrected chi connectivity index (χ4v) is 2.70. The minimum absolute atomic E-state index is 0.122. The summed E-state index contributed by atoms with van der Waals surface area (Å²) in [6, 6.07) is 8.22. The molecule has 0 aliphatic carbocycles. The lowest BCUT2D eigenvalue weighted by Crippen LogP contribution is -2.49. The molecule has 0 radical (unpaired) electrons. The van der Waals surface area contributed by atoms with Crippen molar-refractivity contribution < 1.29 is 9.18 Å². The summed E-state index contributed by atoms with van der Waals surface area (Å²) in [7, 11) is 0. The molecule has 2 aromatic rings. The number of rotatable bonds is 5. The van der Waals surface area contributed by atoms with E-state index in [1.807, 2.05) is 4.90 Å². The second-order valence-corrected chi connectivity index (χ2v) is 5.59. The molecular weight excluding hydrogens is 309 g/mol. The fraction of sp³-hybridized carbons (Fsp3) is 0.353. The molecule has 1 fully saturated rings. The highest BCUT2D eigenvalue weighted by Crippen LogP contribution is 2.17. The van der Waals surface area contributed by atoms with Gasteiger partial charge in [0.2, 0.25) is 11.9 Å². The first-order valence-corrected chi connectivity index (χ1v) is 8.01. The van der Waals surface area contributed by atoms with Gasteiger partial charge in [-0.05, 0) is 30.3 Å². The largest absolute Gasteiger partial charge is 0.368 e. The number of benzene rings is 1. The van der Waals surface area contributed by atoms with Crippen LogP contribution in [0.25, 0.3) is 0 Å². The van der Waals surface area contributed by atoms with E-state index in [1.165, 1.54) is 12.1 Å². The summed E-state index contributed by atoms with van der Waals surface area (Å²) < 4.78 is 13.0. The van der Waals surface area contributed by atoms with Gasteiger partial charge in [-0.15, -0.1) is 0 Å². The zero-order valence-electron chi connectivity index (χ0n) is 13.4. The summed E-state index contributed by atoms with van der Waals surface area (Å²) in [5.74, 6) is 0.422. The molecule has 1 aromatic heterocycles. The Morgan fingerprint density at radius 3 is 2.42 bits per heavy atom. The van der Waals surface area contributed by atoms with Crippen LogP contribution in [0.1, 0.15) is 6.42 Å². The molecule has 0 spiro atoms. The molecule has 1 aromatic carbocycles. The van der Waals surface area contributed by atoms with E-state index in [9.17, 15) is 9.18 Å².